The van der Waals surface area contributed by atoms with E-state index in [1.165, 1.54) is 0 Å². The molecule has 1 rings (SSSR count). The Kier molecular flexibility index (Phi) is 5.22. The summed E-state index contributed by atoms with van der Waals surface area (Å²) >= 11 is 0. The van der Waals surface area contributed by atoms with Crippen LogP contribution >= 0.6 is 0 Å². The molecule has 1 saturated carbocycles. The van der Waals surface area contributed by atoms with Crippen LogP contribution in [0.3, 0.4) is 0 Å². The van der Waals surface area contributed by atoms with Crippen LogP contribution in [0, 0.1) is 10.8 Å². The summed E-state index contributed by atoms with van der Waals surface area (Å²) in [6, 6.07) is 0.137. The molecule has 4 nitrogen and oxygen atoms in total. The van der Waals surface area contributed by atoms with Crippen molar-refractivity contribution in [2.24, 2.45) is 10.8 Å². The molecule has 0 aromatic heterocycles. The molecule has 1 fully saturated rings. The van der Waals surface area contributed by atoms with Gasteiger partial charge in [0.2, 0.25) is 5.91 Å². The first-order valence-corrected chi connectivity index (χ1v) is 7.55. The van der Waals surface area contributed by atoms with Crippen LogP contribution in [0.4, 0.5) is 0 Å². The summed E-state index contributed by atoms with van der Waals surface area (Å²) in [5, 5.41) is 9.10. The predicted octanol–water partition coefficient (Wildman–Crippen LogP) is 3.30. The van der Waals surface area contributed by atoms with Crippen molar-refractivity contribution in [2.45, 2.75) is 72.3 Å². The maximum Gasteiger partial charge on any atom is 0.303 e. The van der Waals surface area contributed by atoms with Gasteiger partial charge in [0.15, 0.2) is 0 Å². The van der Waals surface area contributed by atoms with Gasteiger partial charge in [-0.05, 0) is 30.6 Å². The number of carboxylic acids is 1. The Labute approximate surface area is 122 Å². The second kappa shape index (κ2) is 6.15. The molecule has 0 saturated heterocycles. The third-order valence-electron chi connectivity index (χ3n) is 4.94. The van der Waals surface area contributed by atoms with Crippen molar-refractivity contribution in [3.63, 3.8) is 0 Å². The van der Waals surface area contributed by atoms with Crippen molar-refractivity contribution >= 4 is 11.9 Å². The minimum Gasteiger partial charge on any atom is -0.481 e. The Balaban J connectivity index is 2.74. The zero-order valence-electron chi connectivity index (χ0n) is 13.5. The third kappa shape index (κ3) is 4.22. The average molecular weight is 283 g/mol. The molecule has 1 atom stereocenters. The molecule has 0 bridgehead atoms. The molecule has 0 spiro atoms. The highest BCUT2D eigenvalue weighted by molar-refractivity contribution is 5.78. The second-order valence-electron chi connectivity index (χ2n) is 7.50. The zero-order valence-corrected chi connectivity index (χ0v) is 13.5. The molecule has 1 N–H and O–H groups in total. The minimum absolute atomic E-state index is 0.0278. The highest BCUT2D eigenvalue weighted by atomic mass is 16.4. The van der Waals surface area contributed by atoms with Gasteiger partial charge in [-0.15, -0.1) is 0 Å². The highest BCUT2D eigenvalue weighted by Gasteiger charge is 2.39. The van der Waals surface area contributed by atoms with Crippen LogP contribution in [-0.2, 0) is 9.59 Å². The maximum atomic E-state index is 12.5. The fourth-order valence-corrected chi connectivity index (χ4v) is 3.10. The lowest BCUT2D eigenvalue weighted by molar-refractivity contribution is -0.142. The van der Waals surface area contributed by atoms with Crippen LogP contribution in [0.15, 0.2) is 0 Å². The monoisotopic (exact) mass is 283 g/mol. The summed E-state index contributed by atoms with van der Waals surface area (Å²) in [4.78, 5) is 25.4. The van der Waals surface area contributed by atoms with Gasteiger partial charge in [0.1, 0.15) is 0 Å². The van der Waals surface area contributed by atoms with E-state index in [0.717, 1.165) is 25.7 Å². The number of amides is 1. The average Bonchev–Trinajstić information content (AvgIpc) is 2.72. The van der Waals surface area contributed by atoms with Gasteiger partial charge in [-0.1, -0.05) is 33.6 Å². The van der Waals surface area contributed by atoms with Crippen molar-refractivity contribution < 1.29 is 14.7 Å². The molecule has 116 valence electrons. The molecule has 1 aliphatic carbocycles. The maximum absolute atomic E-state index is 12.5. The van der Waals surface area contributed by atoms with Gasteiger partial charge in [0, 0.05) is 19.5 Å². The van der Waals surface area contributed by atoms with Crippen molar-refractivity contribution in [3.8, 4) is 0 Å². The van der Waals surface area contributed by atoms with E-state index in [-0.39, 0.29) is 29.2 Å². The Morgan fingerprint density at radius 2 is 1.70 bits per heavy atom. The Bertz CT molecular complexity index is 364. The van der Waals surface area contributed by atoms with Crippen molar-refractivity contribution in [1.29, 1.82) is 0 Å². The molecule has 0 radical (unpaired) electrons. The van der Waals surface area contributed by atoms with E-state index >= 15 is 0 Å². The smallest absolute Gasteiger partial charge is 0.303 e. The summed E-state index contributed by atoms with van der Waals surface area (Å²) in [5.41, 5.74) is -0.283. The number of hydrogen-bond acceptors (Lipinski definition) is 2. The number of carbonyl (C=O) groups is 2. The lowest BCUT2D eigenvalue weighted by Gasteiger charge is -2.37. The lowest BCUT2D eigenvalue weighted by Crippen LogP contribution is -2.44. The Hall–Kier alpha value is -1.06. The molecule has 0 aromatic carbocycles. The number of rotatable bonds is 5. The van der Waals surface area contributed by atoms with E-state index in [0.29, 0.717) is 6.42 Å². The number of carbonyl (C=O) groups excluding carboxylic acids is 1. The number of nitrogens with zero attached hydrogens (tertiary/aromatic N) is 1. The number of carboxylic acid groups (broad SMARTS) is 1. The minimum atomic E-state index is -0.786. The van der Waals surface area contributed by atoms with Crippen LogP contribution in [0.1, 0.15) is 66.2 Å². The molecule has 20 heavy (non-hydrogen) atoms. The van der Waals surface area contributed by atoms with Crippen LogP contribution in [0.25, 0.3) is 0 Å². The summed E-state index contributed by atoms with van der Waals surface area (Å²) in [6.45, 7) is 8.40. The van der Waals surface area contributed by atoms with Crippen LogP contribution in [-0.4, -0.2) is 35.0 Å². The molecular weight excluding hydrogens is 254 g/mol. The Morgan fingerprint density at radius 1 is 1.20 bits per heavy atom. The van der Waals surface area contributed by atoms with E-state index in [4.69, 9.17) is 5.11 Å². The van der Waals surface area contributed by atoms with E-state index < -0.39 is 5.97 Å². The van der Waals surface area contributed by atoms with Crippen molar-refractivity contribution in [2.75, 3.05) is 7.05 Å². The quantitative estimate of drug-likeness (QED) is 0.842. The zero-order chi connectivity index (χ0) is 15.6. The van der Waals surface area contributed by atoms with Gasteiger partial charge in [-0.2, -0.15) is 0 Å². The predicted molar refractivity (Wildman–Crippen MR) is 79.5 cm³/mol. The van der Waals surface area contributed by atoms with Crippen LogP contribution < -0.4 is 0 Å². The van der Waals surface area contributed by atoms with Gasteiger partial charge in [-0.3, -0.25) is 9.59 Å². The molecule has 4 heteroatoms. The molecule has 1 aliphatic rings. The first-order valence-electron chi connectivity index (χ1n) is 7.55. The van der Waals surface area contributed by atoms with Crippen molar-refractivity contribution in [1.82, 2.24) is 4.90 Å². The van der Waals surface area contributed by atoms with E-state index in [1.54, 1.807) is 4.90 Å². The number of hydrogen-bond donors (Lipinski definition) is 1. The lowest BCUT2D eigenvalue weighted by atomic mass is 9.78. The number of aliphatic carboxylic acids is 1. The first kappa shape index (κ1) is 17.0. The summed E-state index contributed by atoms with van der Waals surface area (Å²) in [7, 11) is 1.83. The summed E-state index contributed by atoms with van der Waals surface area (Å²) in [6.07, 6.45) is 4.30. The standard InChI is InChI=1S/C16H29NO3/c1-12(15(2,3)4)17(5)13(18)10-16(11-14(19)20)8-6-7-9-16/h12H,6-11H2,1-5H3,(H,19,20). The fraction of sp³-hybridized carbons (Fsp3) is 0.875. The summed E-state index contributed by atoms with van der Waals surface area (Å²) < 4.78 is 0. The largest absolute Gasteiger partial charge is 0.481 e. The van der Waals surface area contributed by atoms with Gasteiger partial charge >= 0.3 is 5.97 Å². The van der Waals surface area contributed by atoms with Crippen molar-refractivity contribution in [3.05, 3.63) is 0 Å². The molecular formula is C16H29NO3. The normalized spacial score (nSPS) is 19.6. The molecule has 0 aliphatic heterocycles. The molecule has 0 aromatic rings. The highest BCUT2D eigenvalue weighted by Crippen LogP contribution is 2.44. The fourth-order valence-electron chi connectivity index (χ4n) is 3.10. The van der Waals surface area contributed by atoms with E-state index in [9.17, 15) is 9.59 Å². The third-order valence-corrected chi connectivity index (χ3v) is 4.94. The van der Waals surface area contributed by atoms with Gasteiger partial charge in [0.05, 0.1) is 6.42 Å². The summed E-state index contributed by atoms with van der Waals surface area (Å²) in [5.74, 6) is -0.707. The van der Waals surface area contributed by atoms with Gasteiger partial charge in [0.25, 0.3) is 0 Å². The SMILES string of the molecule is CC(N(C)C(=O)CC1(CC(=O)O)CCCC1)C(C)(C)C. The van der Waals surface area contributed by atoms with Gasteiger partial charge < -0.3 is 10.0 Å². The topological polar surface area (TPSA) is 57.6 Å². The molecule has 1 amide bonds. The van der Waals surface area contributed by atoms with Crippen LogP contribution in [0.2, 0.25) is 0 Å². The van der Waals surface area contributed by atoms with E-state index in [1.807, 2.05) is 7.05 Å². The Morgan fingerprint density at radius 3 is 2.10 bits per heavy atom. The second-order valence-corrected chi connectivity index (χ2v) is 7.50. The van der Waals surface area contributed by atoms with E-state index in [2.05, 4.69) is 27.7 Å². The first-order chi connectivity index (χ1) is 9.07. The molecule has 1 unspecified atom stereocenters. The van der Waals surface area contributed by atoms with Gasteiger partial charge in [-0.25, -0.2) is 0 Å². The molecule has 0 heterocycles. The van der Waals surface area contributed by atoms with Crippen LogP contribution in [0.5, 0.6) is 0 Å².